The lowest BCUT2D eigenvalue weighted by molar-refractivity contribution is 0.0598. The zero-order chi connectivity index (χ0) is 22.8. The fourth-order valence-electron chi connectivity index (χ4n) is 3.90. The van der Waals surface area contributed by atoms with Crippen LogP contribution in [0.1, 0.15) is 52.1 Å². The van der Waals surface area contributed by atoms with E-state index in [1.165, 1.54) is 17.7 Å². The van der Waals surface area contributed by atoms with Crippen LogP contribution in [0.5, 0.6) is 11.5 Å². The van der Waals surface area contributed by atoms with Crippen molar-refractivity contribution in [2.75, 3.05) is 31.0 Å². The van der Waals surface area contributed by atoms with Crippen molar-refractivity contribution in [3.05, 3.63) is 65.4 Å². The number of anilines is 1. The first-order valence-corrected chi connectivity index (χ1v) is 12.1. The standard InChI is InChI=1S/C25H28N2O4S/c1-15(2)26-19-7-5-6-18-23(19)25(29)27(24(18)28)20(14-32-4)17-10-11-21(30-3)22(12-17)31-13-16-8-9-16/h5-7,10-12,16,20,26H,1,8-9,13-14H2,2-4H3. The van der Waals surface area contributed by atoms with E-state index in [0.717, 1.165) is 5.56 Å². The number of hydrogen-bond donors (Lipinski definition) is 1. The Kier molecular flexibility index (Phi) is 6.46. The summed E-state index contributed by atoms with van der Waals surface area (Å²) < 4.78 is 11.5. The van der Waals surface area contributed by atoms with E-state index in [2.05, 4.69) is 11.9 Å². The molecule has 32 heavy (non-hydrogen) atoms. The number of carbonyl (C=O) groups is 2. The van der Waals surface area contributed by atoms with Crippen LogP contribution in [-0.2, 0) is 0 Å². The summed E-state index contributed by atoms with van der Waals surface area (Å²) >= 11 is 1.59. The lowest BCUT2D eigenvalue weighted by Crippen LogP contribution is -2.35. The van der Waals surface area contributed by atoms with Crippen LogP contribution in [0.2, 0.25) is 0 Å². The molecule has 6 nitrogen and oxygen atoms in total. The second-order valence-corrected chi connectivity index (χ2v) is 9.16. The van der Waals surface area contributed by atoms with E-state index >= 15 is 0 Å². The van der Waals surface area contributed by atoms with Crippen LogP contribution in [0.15, 0.2) is 48.7 Å². The molecule has 168 valence electrons. The molecule has 2 aromatic rings. The van der Waals surface area contributed by atoms with Gasteiger partial charge in [0.15, 0.2) is 11.5 Å². The third-order valence-corrected chi connectivity index (χ3v) is 6.32. The normalized spacial score (nSPS) is 16.0. The molecule has 1 saturated carbocycles. The molecular weight excluding hydrogens is 424 g/mol. The molecule has 1 aliphatic carbocycles. The monoisotopic (exact) mass is 452 g/mol. The molecule has 2 aliphatic rings. The third kappa shape index (κ3) is 4.35. The minimum absolute atomic E-state index is 0.286. The van der Waals surface area contributed by atoms with Gasteiger partial charge in [0.25, 0.3) is 11.8 Å². The molecule has 4 rings (SSSR count). The fraction of sp³-hybridized carbons (Fsp3) is 0.360. The van der Waals surface area contributed by atoms with Gasteiger partial charge in [-0.05, 0) is 61.8 Å². The van der Waals surface area contributed by atoms with Gasteiger partial charge >= 0.3 is 0 Å². The van der Waals surface area contributed by atoms with E-state index in [1.807, 2.05) is 31.4 Å². The lowest BCUT2D eigenvalue weighted by Gasteiger charge is -2.27. The van der Waals surface area contributed by atoms with Gasteiger partial charge in [-0.15, -0.1) is 0 Å². The predicted molar refractivity (Wildman–Crippen MR) is 128 cm³/mol. The molecular formula is C25H28N2O4S. The fourth-order valence-corrected chi connectivity index (χ4v) is 4.56. The summed E-state index contributed by atoms with van der Waals surface area (Å²) in [4.78, 5) is 28.2. The van der Waals surface area contributed by atoms with E-state index in [1.54, 1.807) is 37.1 Å². The molecule has 1 atom stereocenters. The van der Waals surface area contributed by atoms with Crippen molar-refractivity contribution >= 4 is 29.3 Å². The van der Waals surface area contributed by atoms with Crippen LogP contribution in [0.3, 0.4) is 0 Å². The summed E-state index contributed by atoms with van der Waals surface area (Å²) in [6.45, 7) is 6.33. The molecule has 2 aromatic carbocycles. The Bertz CT molecular complexity index is 1060. The number of amides is 2. The number of nitrogens with zero attached hydrogens (tertiary/aromatic N) is 1. The average Bonchev–Trinajstić information content (AvgIpc) is 3.57. The molecule has 0 spiro atoms. The number of benzene rings is 2. The van der Waals surface area contributed by atoms with Crippen LogP contribution < -0.4 is 14.8 Å². The first-order chi connectivity index (χ1) is 15.4. The number of thioether (sulfide) groups is 1. The maximum Gasteiger partial charge on any atom is 0.264 e. The van der Waals surface area contributed by atoms with Gasteiger partial charge in [0.2, 0.25) is 0 Å². The zero-order valence-corrected chi connectivity index (χ0v) is 19.5. The van der Waals surface area contributed by atoms with Gasteiger partial charge in [0, 0.05) is 11.4 Å². The molecule has 7 heteroatoms. The number of rotatable bonds is 10. The number of allylic oxidation sites excluding steroid dienone is 1. The van der Waals surface area contributed by atoms with Crippen LogP contribution in [0.25, 0.3) is 0 Å². The summed E-state index contributed by atoms with van der Waals surface area (Å²) in [6, 6.07) is 10.5. The van der Waals surface area contributed by atoms with Crippen LogP contribution in [0, 0.1) is 5.92 Å². The zero-order valence-electron chi connectivity index (χ0n) is 18.6. The topological polar surface area (TPSA) is 67.9 Å². The molecule has 1 unspecified atom stereocenters. The van der Waals surface area contributed by atoms with E-state index in [-0.39, 0.29) is 11.8 Å². The number of carbonyl (C=O) groups excluding carboxylic acids is 2. The van der Waals surface area contributed by atoms with Crippen molar-refractivity contribution in [2.45, 2.75) is 25.8 Å². The molecule has 0 bridgehead atoms. The number of fused-ring (bicyclic) bond motifs is 1. The minimum Gasteiger partial charge on any atom is -0.493 e. The molecule has 2 amide bonds. The van der Waals surface area contributed by atoms with Crippen molar-refractivity contribution in [1.82, 2.24) is 4.90 Å². The lowest BCUT2D eigenvalue weighted by atomic mass is 10.1. The molecule has 1 N–H and O–H groups in total. The Hall–Kier alpha value is -2.93. The van der Waals surface area contributed by atoms with Crippen molar-refractivity contribution in [3.63, 3.8) is 0 Å². The Labute approximate surface area is 193 Å². The van der Waals surface area contributed by atoms with Crippen LogP contribution in [0.4, 0.5) is 5.69 Å². The van der Waals surface area contributed by atoms with Gasteiger partial charge in [-0.25, -0.2) is 0 Å². The quantitative estimate of drug-likeness (QED) is 0.504. The molecule has 1 fully saturated rings. The number of ether oxygens (including phenoxy) is 2. The van der Waals surface area contributed by atoms with Gasteiger partial charge < -0.3 is 14.8 Å². The van der Waals surface area contributed by atoms with Gasteiger partial charge in [0.1, 0.15) is 0 Å². The van der Waals surface area contributed by atoms with Crippen molar-refractivity contribution in [1.29, 1.82) is 0 Å². The van der Waals surface area contributed by atoms with Crippen LogP contribution in [-0.4, -0.2) is 42.4 Å². The van der Waals surface area contributed by atoms with Crippen molar-refractivity contribution in [2.24, 2.45) is 5.92 Å². The van der Waals surface area contributed by atoms with Gasteiger partial charge in [-0.1, -0.05) is 18.7 Å². The summed E-state index contributed by atoms with van der Waals surface area (Å²) in [5.74, 6) is 1.87. The van der Waals surface area contributed by atoms with E-state index < -0.39 is 6.04 Å². The molecule has 1 aliphatic heterocycles. The van der Waals surface area contributed by atoms with Crippen LogP contribution >= 0.6 is 11.8 Å². The Morgan fingerprint density at radius 1 is 1.22 bits per heavy atom. The van der Waals surface area contributed by atoms with E-state index in [0.29, 0.717) is 52.3 Å². The molecule has 0 saturated heterocycles. The third-order valence-electron chi connectivity index (χ3n) is 5.67. The highest BCUT2D eigenvalue weighted by atomic mass is 32.2. The largest absolute Gasteiger partial charge is 0.493 e. The van der Waals surface area contributed by atoms with Gasteiger partial charge in [-0.3, -0.25) is 14.5 Å². The van der Waals surface area contributed by atoms with Gasteiger partial charge in [-0.2, -0.15) is 11.8 Å². The Morgan fingerprint density at radius 2 is 2.00 bits per heavy atom. The first kappa shape index (κ1) is 22.3. The summed E-state index contributed by atoms with van der Waals surface area (Å²) in [6.07, 6.45) is 4.34. The maximum absolute atomic E-state index is 13.5. The predicted octanol–water partition coefficient (Wildman–Crippen LogP) is 5.13. The summed E-state index contributed by atoms with van der Waals surface area (Å²) in [7, 11) is 1.61. The first-order valence-electron chi connectivity index (χ1n) is 10.7. The average molecular weight is 453 g/mol. The number of imide groups is 1. The van der Waals surface area contributed by atoms with Crippen molar-refractivity contribution < 1.29 is 19.1 Å². The highest BCUT2D eigenvalue weighted by Gasteiger charge is 2.42. The number of methoxy groups -OCH3 is 1. The number of hydrogen-bond acceptors (Lipinski definition) is 6. The highest BCUT2D eigenvalue weighted by molar-refractivity contribution is 7.98. The SMILES string of the molecule is C=C(C)Nc1cccc2c1C(=O)N(C(CSC)c1ccc(OC)c(OCC3CC3)c1)C2=O. The highest BCUT2D eigenvalue weighted by Crippen LogP contribution is 2.40. The maximum atomic E-state index is 13.5. The summed E-state index contributed by atoms with van der Waals surface area (Å²) in [5, 5.41) is 3.11. The van der Waals surface area contributed by atoms with E-state index in [4.69, 9.17) is 9.47 Å². The molecule has 1 heterocycles. The van der Waals surface area contributed by atoms with Crippen molar-refractivity contribution in [3.8, 4) is 11.5 Å². The Morgan fingerprint density at radius 3 is 2.66 bits per heavy atom. The number of nitrogens with one attached hydrogen (secondary N) is 1. The second kappa shape index (κ2) is 9.28. The minimum atomic E-state index is -0.427. The second-order valence-electron chi connectivity index (χ2n) is 8.25. The van der Waals surface area contributed by atoms with Gasteiger partial charge in [0.05, 0.1) is 36.6 Å². The summed E-state index contributed by atoms with van der Waals surface area (Å²) in [5.41, 5.74) is 2.94. The molecule has 0 aromatic heterocycles. The van der Waals surface area contributed by atoms with E-state index in [9.17, 15) is 9.59 Å². The Balaban J connectivity index is 1.69. The molecule has 0 radical (unpaired) electrons. The smallest absolute Gasteiger partial charge is 0.264 e.